The Balaban J connectivity index is 2.01. The van der Waals surface area contributed by atoms with Gasteiger partial charge in [0.25, 0.3) is 0 Å². The van der Waals surface area contributed by atoms with Crippen molar-refractivity contribution in [2.45, 2.75) is 66.3 Å². The Labute approximate surface area is 113 Å². The molecule has 2 saturated carbocycles. The van der Waals surface area contributed by atoms with Crippen molar-refractivity contribution in [1.82, 2.24) is 5.32 Å². The molecule has 2 aliphatic carbocycles. The first-order chi connectivity index (χ1) is 8.21. The van der Waals surface area contributed by atoms with E-state index < -0.39 is 0 Å². The number of aliphatic hydroxyl groups is 1. The number of rotatable bonds is 5. The van der Waals surface area contributed by atoms with Gasteiger partial charge in [0.15, 0.2) is 0 Å². The highest BCUT2D eigenvalue weighted by molar-refractivity contribution is 5.12. The molecule has 0 radical (unpaired) electrons. The SMILES string of the molecule is CC(C)(CCO)CNC1C2(C)CCC(C2)C1(C)C. The molecule has 2 heteroatoms. The summed E-state index contributed by atoms with van der Waals surface area (Å²) in [4.78, 5) is 0. The third-order valence-electron chi connectivity index (χ3n) is 5.84. The fourth-order valence-electron chi connectivity index (χ4n) is 4.58. The van der Waals surface area contributed by atoms with E-state index in [9.17, 15) is 0 Å². The lowest BCUT2D eigenvalue weighted by Gasteiger charge is -2.44. The average Bonchev–Trinajstić information content (AvgIpc) is 2.68. The molecule has 18 heavy (non-hydrogen) atoms. The Bertz CT molecular complexity index is 305. The van der Waals surface area contributed by atoms with Crippen LogP contribution in [0.25, 0.3) is 0 Å². The third kappa shape index (κ3) is 2.34. The number of aliphatic hydroxyl groups excluding tert-OH is 1. The van der Waals surface area contributed by atoms with Gasteiger partial charge in [-0.05, 0) is 47.8 Å². The van der Waals surface area contributed by atoms with Crippen molar-refractivity contribution in [2.24, 2.45) is 22.2 Å². The summed E-state index contributed by atoms with van der Waals surface area (Å²) in [5, 5.41) is 13.0. The molecule has 3 atom stereocenters. The van der Waals surface area contributed by atoms with E-state index in [1.807, 2.05) is 0 Å². The molecule has 0 heterocycles. The van der Waals surface area contributed by atoms with Gasteiger partial charge in [-0.25, -0.2) is 0 Å². The van der Waals surface area contributed by atoms with E-state index in [1.54, 1.807) is 0 Å². The second-order valence-electron chi connectivity index (χ2n) is 8.37. The molecule has 2 N–H and O–H groups in total. The van der Waals surface area contributed by atoms with Crippen LogP contribution in [0.15, 0.2) is 0 Å². The predicted octanol–water partition coefficient (Wildman–Crippen LogP) is 3.20. The highest BCUT2D eigenvalue weighted by Crippen LogP contribution is 2.62. The van der Waals surface area contributed by atoms with Gasteiger partial charge in [0, 0.05) is 19.2 Å². The van der Waals surface area contributed by atoms with Crippen LogP contribution in [0.3, 0.4) is 0 Å². The minimum absolute atomic E-state index is 0.197. The van der Waals surface area contributed by atoms with Crippen LogP contribution >= 0.6 is 0 Å². The minimum atomic E-state index is 0.197. The van der Waals surface area contributed by atoms with Gasteiger partial charge in [-0.2, -0.15) is 0 Å². The smallest absolute Gasteiger partial charge is 0.0436 e. The maximum absolute atomic E-state index is 9.12. The van der Waals surface area contributed by atoms with Crippen molar-refractivity contribution < 1.29 is 5.11 Å². The molecule has 2 bridgehead atoms. The van der Waals surface area contributed by atoms with E-state index in [0.29, 0.717) is 23.5 Å². The molecule has 3 unspecified atom stereocenters. The van der Waals surface area contributed by atoms with Crippen LogP contribution < -0.4 is 5.32 Å². The van der Waals surface area contributed by atoms with E-state index in [1.165, 1.54) is 19.3 Å². The lowest BCUT2D eigenvalue weighted by atomic mass is 9.68. The number of nitrogens with one attached hydrogen (secondary N) is 1. The normalized spacial score (nSPS) is 38.3. The fourth-order valence-corrected chi connectivity index (χ4v) is 4.58. The monoisotopic (exact) mass is 253 g/mol. The molecular formula is C16H31NO. The molecule has 0 aliphatic heterocycles. The standard InChI is InChI=1S/C16H31NO/c1-14(2,8-9-18)11-17-13-15(3,4)12-6-7-16(13,5)10-12/h12-13,17-18H,6-11H2,1-5H3. The quantitative estimate of drug-likeness (QED) is 0.788. The zero-order valence-corrected chi connectivity index (χ0v) is 12.8. The first-order valence-corrected chi connectivity index (χ1v) is 7.56. The summed E-state index contributed by atoms with van der Waals surface area (Å²) in [5.74, 6) is 0.904. The van der Waals surface area contributed by atoms with Crippen LogP contribution in [0, 0.1) is 22.2 Å². The molecule has 0 amide bonds. The van der Waals surface area contributed by atoms with Gasteiger partial charge < -0.3 is 10.4 Å². The van der Waals surface area contributed by atoms with E-state index in [4.69, 9.17) is 5.11 Å². The zero-order valence-electron chi connectivity index (χ0n) is 12.8. The van der Waals surface area contributed by atoms with Crippen molar-refractivity contribution in [2.75, 3.05) is 13.2 Å². The van der Waals surface area contributed by atoms with Crippen molar-refractivity contribution in [1.29, 1.82) is 0 Å². The molecule has 0 saturated heterocycles. The average molecular weight is 253 g/mol. The summed E-state index contributed by atoms with van der Waals surface area (Å²) in [6.07, 6.45) is 5.09. The van der Waals surface area contributed by atoms with Crippen molar-refractivity contribution >= 4 is 0 Å². The molecule has 106 valence electrons. The molecular weight excluding hydrogens is 222 g/mol. The highest BCUT2D eigenvalue weighted by Gasteiger charge is 2.59. The lowest BCUT2D eigenvalue weighted by molar-refractivity contribution is 0.0940. The Morgan fingerprint density at radius 3 is 2.44 bits per heavy atom. The van der Waals surface area contributed by atoms with Gasteiger partial charge in [-0.3, -0.25) is 0 Å². The van der Waals surface area contributed by atoms with Crippen LogP contribution in [-0.2, 0) is 0 Å². The van der Waals surface area contributed by atoms with Crippen molar-refractivity contribution in [3.8, 4) is 0 Å². The predicted molar refractivity (Wildman–Crippen MR) is 76.5 cm³/mol. The maximum Gasteiger partial charge on any atom is 0.0436 e. The summed E-state index contributed by atoms with van der Waals surface area (Å²) < 4.78 is 0. The van der Waals surface area contributed by atoms with E-state index in [2.05, 4.69) is 39.9 Å². The van der Waals surface area contributed by atoms with E-state index in [-0.39, 0.29) is 5.41 Å². The molecule has 2 aliphatic rings. The minimum Gasteiger partial charge on any atom is -0.396 e. The molecule has 0 spiro atoms. The summed E-state index contributed by atoms with van der Waals surface area (Å²) >= 11 is 0. The van der Waals surface area contributed by atoms with E-state index in [0.717, 1.165) is 18.9 Å². The Morgan fingerprint density at radius 2 is 1.94 bits per heavy atom. The zero-order chi connectivity index (χ0) is 13.6. The summed E-state index contributed by atoms with van der Waals surface area (Å²) in [6.45, 7) is 13.2. The molecule has 2 fully saturated rings. The van der Waals surface area contributed by atoms with Gasteiger partial charge >= 0.3 is 0 Å². The molecule has 0 aromatic rings. The third-order valence-corrected chi connectivity index (χ3v) is 5.84. The molecule has 0 aromatic heterocycles. The van der Waals surface area contributed by atoms with Crippen molar-refractivity contribution in [3.05, 3.63) is 0 Å². The number of hydrogen-bond donors (Lipinski definition) is 2. The fraction of sp³-hybridized carbons (Fsp3) is 1.00. The van der Waals surface area contributed by atoms with E-state index >= 15 is 0 Å². The van der Waals surface area contributed by atoms with Crippen molar-refractivity contribution in [3.63, 3.8) is 0 Å². The highest BCUT2D eigenvalue weighted by atomic mass is 16.3. The van der Waals surface area contributed by atoms with Gasteiger partial charge in [0.1, 0.15) is 0 Å². The Kier molecular flexibility index (Phi) is 3.57. The van der Waals surface area contributed by atoms with Gasteiger partial charge in [0.2, 0.25) is 0 Å². The first kappa shape index (κ1) is 14.3. The first-order valence-electron chi connectivity index (χ1n) is 7.56. The topological polar surface area (TPSA) is 32.3 Å². The molecule has 2 rings (SSSR count). The lowest BCUT2D eigenvalue weighted by Crippen LogP contribution is -2.52. The van der Waals surface area contributed by atoms with Gasteiger partial charge in [-0.15, -0.1) is 0 Å². The Hall–Kier alpha value is -0.0800. The molecule has 2 nitrogen and oxygen atoms in total. The maximum atomic E-state index is 9.12. The van der Waals surface area contributed by atoms with Crippen LogP contribution in [0.4, 0.5) is 0 Å². The summed E-state index contributed by atoms with van der Waals surface area (Å²) in [7, 11) is 0. The molecule has 0 aromatic carbocycles. The number of fused-ring (bicyclic) bond motifs is 2. The Morgan fingerprint density at radius 1 is 1.28 bits per heavy atom. The largest absolute Gasteiger partial charge is 0.396 e. The van der Waals surface area contributed by atoms with Gasteiger partial charge in [0.05, 0.1) is 0 Å². The second kappa shape index (κ2) is 4.49. The summed E-state index contributed by atoms with van der Waals surface area (Å²) in [6, 6.07) is 0.640. The second-order valence-corrected chi connectivity index (χ2v) is 8.37. The summed E-state index contributed by atoms with van der Waals surface area (Å²) in [5.41, 5.74) is 1.13. The van der Waals surface area contributed by atoms with Crippen LogP contribution in [0.1, 0.15) is 60.3 Å². The number of hydrogen-bond acceptors (Lipinski definition) is 2. The van der Waals surface area contributed by atoms with Gasteiger partial charge in [-0.1, -0.05) is 34.6 Å². The van der Waals surface area contributed by atoms with Crippen LogP contribution in [-0.4, -0.2) is 24.3 Å². The van der Waals surface area contributed by atoms with Crippen LogP contribution in [0.2, 0.25) is 0 Å². The van der Waals surface area contributed by atoms with Crippen LogP contribution in [0.5, 0.6) is 0 Å².